The predicted molar refractivity (Wildman–Crippen MR) is 88.9 cm³/mol. The van der Waals surface area contributed by atoms with Crippen molar-refractivity contribution < 1.29 is 14.3 Å². The molecule has 0 fully saturated rings. The molecule has 0 saturated heterocycles. The van der Waals surface area contributed by atoms with Gasteiger partial charge in [0.1, 0.15) is 0 Å². The Hall–Kier alpha value is -1.52. The van der Waals surface area contributed by atoms with Crippen LogP contribution >= 0.6 is 23.2 Å². The fourth-order valence-electron chi connectivity index (χ4n) is 1.44. The molecule has 0 unspecified atom stereocenters. The van der Waals surface area contributed by atoms with Gasteiger partial charge >= 0.3 is 5.97 Å². The minimum atomic E-state index is -0.613. The molecule has 1 N–H and O–H groups in total. The topological polar surface area (TPSA) is 55.4 Å². The van der Waals surface area contributed by atoms with Crippen LogP contribution in [0.25, 0.3) is 6.08 Å². The first-order chi connectivity index (χ1) is 10.3. The Bertz CT molecular complexity index is 571. The van der Waals surface area contributed by atoms with Crippen LogP contribution in [0.5, 0.6) is 0 Å². The van der Waals surface area contributed by atoms with E-state index in [1.807, 2.05) is 20.8 Å². The normalized spacial score (nSPS) is 12.5. The minimum absolute atomic E-state index is 0.0228. The van der Waals surface area contributed by atoms with E-state index in [1.165, 1.54) is 12.2 Å². The molecule has 1 atom stereocenters. The summed E-state index contributed by atoms with van der Waals surface area (Å²) in [6.45, 7) is 5.58. The second kappa shape index (κ2) is 8.81. The molecule has 0 spiro atoms. The number of carbonyl (C=O) groups is 2. The van der Waals surface area contributed by atoms with Gasteiger partial charge in [-0.2, -0.15) is 0 Å². The molecule has 1 amide bonds. The molecule has 0 aromatic heterocycles. The van der Waals surface area contributed by atoms with Crippen LogP contribution in [0.15, 0.2) is 24.3 Å². The number of esters is 1. The first-order valence-corrected chi connectivity index (χ1v) is 7.64. The fourth-order valence-corrected chi connectivity index (χ4v) is 1.91. The van der Waals surface area contributed by atoms with E-state index in [9.17, 15) is 9.59 Å². The molecule has 120 valence electrons. The van der Waals surface area contributed by atoms with Crippen molar-refractivity contribution in [1.82, 2.24) is 5.32 Å². The first kappa shape index (κ1) is 18.5. The summed E-state index contributed by atoms with van der Waals surface area (Å²) in [4.78, 5) is 23.1. The average Bonchev–Trinajstić information content (AvgIpc) is 2.44. The maximum atomic E-state index is 11.6. The molecule has 0 aliphatic rings. The Morgan fingerprint density at radius 3 is 2.55 bits per heavy atom. The Morgan fingerprint density at radius 2 is 1.95 bits per heavy atom. The van der Waals surface area contributed by atoms with Crippen LogP contribution in [0.1, 0.15) is 26.3 Å². The molecule has 0 bridgehead atoms. The molecule has 0 heterocycles. The van der Waals surface area contributed by atoms with Gasteiger partial charge in [0.15, 0.2) is 6.61 Å². The van der Waals surface area contributed by atoms with Crippen molar-refractivity contribution >= 4 is 41.2 Å². The number of ether oxygens (including phenoxy) is 1. The average molecular weight is 344 g/mol. The van der Waals surface area contributed by atoms with E-state index < -0.39 is 5.97 Å². The summed E-state index contributed by atoms with van der Waals surface area (Å²) < 4.78 is 4.86. The maximum Gasteiger partial charge on any atom is 0.331 e. The van der Waals surface area contributed by atoms with E-state index in [4.69, 9.17) is 27.9 Å². The Balaban J connectivity index is 2.46. The summed E-state index contributed by atoms with van der Waals surface area (Å²) in [7, 11) is 0. The van der Waals surface area contributed by atoms with Crippen LogP contribution in [-0.4, -0.2) is 24.5 Å². The lowest BCUT2D eigenvalue weighted by Crippen LogP contribution is -2.38. The number of hydrogen-bond acceptors (Lipinski definition) is 3. The highest BCUT2D eigenvalue weighted by Crippen LogP contribution is 2.21. The van der Waals surface area contributed by atoms with E-state index >= 15 is 0 Å². The standard InChI is InChI=1S/C16H19Cl2NO3/c1-10(2)11(3)19-15(20)9-22-16(21)7-5-12-4-6-13(17)8-14(12)18/h4-8,10-11H,9H2,1-3H3,(H,19,20)/b7-5+/t11-/m1/s1. The second-order valence-corrected chi connectivity index (χ2v) is 6.05. The van der Waals surface area contributed by atoms with Gasteiger partial charge in [-0.1, -0.05) is 43.1 Å². The third kappa shape index (κ3) is 6.50. The number of benzene rings is 1. The summed E-state index contributed by atoms with van der Waals surface area (Å²) in [5.74, 6) is -0.627. The second-order valence-electron chi connectivity index (χ2n) is 5.21. The Labute approximate surface area is 140 Å². The van der Waals surface area contributed by atoms with Gasteiger partial charge in [-0.3, -0.25) is 4.79 Å². The van der Waals surface area contributed by atoms with Crippen LogP contribution < -0.4 is 5.32 Å². The Morgan fingerprint density at radius 1 is 1.27 bits per heavy atom. The number of amides is 1. The fraction of sp³-hybridized carbons (Fsp3) is 0.375. The third-order valence-corrected chi connectivity index (χ3v) is 3.66. The number of hydrogen-bond donors (Lipinski definition) is 1. The summed E-state index contributed by atoms with van der Waals surface area (Å²) >= 11 is 11.8. The largest absolute Gasteiger partial charge is 0.452 e. The highest BCUT2D eigenvalue weighted by atomic mass is 35.5. The molecular weight excluding hydrogens is 325 g/mol. The molecule has 1 rings (SSSR count). The highest BCUT2D eigenvalue weighted by molar-refractivity contribution is 6.35. The van der Waals surface area contributed by atoms with Crippen LogP contribution in [0.3, 0.4) is 0 Å². The first-order valence-electron chi connectivity index (χ1n) is 6.89. The van der Waals surface area contributed by atoms with E-state index in [0.29, 0.717) is 21.5 Å². The number of carbonyl (C=O) groups excluding carboxylic acids is 2. The molecule has 0 aliphatic carbocycles. The summed E-state index contributed by atoms with van der Waals surface area (Å²) in [6.07, 6.45) is 2.73. The lowest BCUT2D eigenvalue weighted by Gasteiger charge is -2.16. The zero-order valence-electron chi connectivity index (χ0n) is 12.7. The molecule has 0 radical (unpaired) electrons. The third-order valence-electron chi connectivity index (χ3n) is 3.10. The van der Waals surface area contributed by atoms with Gasteiger partial charge in [-0.05, 0) is 36.6 Å². The van der Waals surface area contributed by atoms with Gasteiger partial charge in [-0.25, -0.2) is 4.79 Å². The van der Waals surface area contributed by atoms with Crippen LogP contribution in [0, 0.1) is 5.92 Å². The predicted octanol–water partition coefficient (Wildman–Crippen LogP) is 3.71. The van der Waals surface area contributed by atoms with Gasteiger partial charge in [0.25, 0.3) is 5.91 Å². The summed E-state index contributed by atoms with van der Waals surface area (Å²) in [6, 6.07) is 4.95. The molecule has 6 heteroatoms. The van der Waals surface area contributed by atoms with E-state index in [-0.39, 0.29) is 18.6 Å². The number of rotatable bonds is 6. The van der Waals surface area contributed by atoms with Gasteiger partial charge in [0.05, 0.1) is 0 Å². The van der Waals surface area contributed by atoms with E-state index in [1.54, 1.807) is 18.2 Å². The van der Waals surface area contributed by atoms with E-state index in [2.05, 4.69) is 5.32 Å². The molecule has 22 heavy (non-hydrogen) atoms. The SMILES string of the molecule is CC(C)[C@@H](C)NC(=O)COC(=O)/C=C/c1ccc(Cl)cc1Cl. The van der Waals surface area contributed by atoms with Crippen molar-refractivity contribution in [2.75, 3.05) is 6.61 Å². The van der Waals surface area contributed by atoms with Crippen molar-refractivity contribution in [3.63, 3.8) is 0 Å². The molecule has 0 saturated carbocycles. The van der Waals surface area contributed by atoms with Crippen molar-refractivity contribution in [3.8, 4) is 0 Å². The van der Waals surface area contributed by atoms with Crippen LogP contribution in [-0.2, 0) is 14.3 Å². The lowest BCUT2D eigenvalue weighted by atomic mass is 10.1. The van der Waals surface area contributed by atoms with Crippen molar-refractivity contribution in [2.45, 2.75) is 26.8 Å². The summed E-state index contributed by atoms with van der Waals surface area (Å²) in [5.41, 5.74) is 0.640. The zero-order chi connectivity index (χ0) is 16.7. The highest BCUT2D eigenvalue weighted by Gasteiger charge is 2.11. The smallest absolute Gasteiger partial charge is 0.331 e. The molecule has 0 aliphatic heterocycles. The van der Waals surface area contributed by atoms with Crippen molar-refractivity contribution in [3.05, 3.63) is 39.9 Å². The monoisotopic (exact) mass is 343 g/mol. The van der Waals surface area contributed by atoms with Crippen LogP contribution in [0.2, 0.25) is 10.0 Å². The van der Waals surface area contributed by atoms with E-state index in [0.717, 1.165) is 0 Å². The minimum Gasteiger partial charge on any atom is -0.452 e. The van der Waals surface area contributed by atoms with Crippen molar-refractivity contribution in [2.24, 2.45) is 5.92 Å². The van der Waals surface area contributed by atoms with Gasteiger partial charge in [0, 0.05) is 22.2 Å². The zero-order valence-corrected chi connectivity index (χ0v) is 14.2. The Kier molecular flexibility index (Phi) is 7.42. The summed E-state index contributed by atoms with van der Waals surface area (Å²) in [5, 5.41) is 3.69. The maximum absolute atomic E-state index is 11.6. The van der Waals surface area contributed by atoms with Gasteiger partial charge in [0.2, 0.25) is 0 Å². The van der Waals surface area contributed by atoms with Gasteiger partial charge < -0.3 is 10.1 Å². The number of halogens is 2. The molecule has 1 aromatic carbocycles. The molecular formula is C16H19Cl2NO3. The number of nitrogens with one attached hydrogen (secondary N) is 1. The van der Waals surface area contributed by atoms with Crippen molar-refractivity contribution in [1.29, 1.82) is 0 Å². The molecule has 1 aromatic rings. The quantitative estimate of drug-likeness (QED) is 0.632. The van der Waals surface area contributed by atoms with Crippen LogP contribution in [0.4, 0.5) is 0 Å². The van der Waals surface area contributed by atoms with Gasteiger partial charge in [-0.15, -0.1) is 0 Å². The molecule has 4 nitrogen and oxygen atoms in total. The lowest BCUT2D eigenvalue weighted by molar-refractivity contribution is -0.144.